The number of ether oxygens (including phenoxy) is 1. The minimum Gasteiger partial charge on any atom is -0.424 e. The van der Waals surface area contributed by atoms with Crippen LogP contribution in [0.4, 0.5) is 13.2 Å². The van der Waals surface area contributed by atoms with Gasteiger partial charge in [-0.05, 0) is 53.1 Å². The van der Waals surface area contributed by atoms with Gasteiger partial charge in [0.05, 0.1) is 5.56 Å². The second-order valence-corrected chi connectivity index (χ2v) is 7.25. The standard InChI is InChI=1S/C24H20F3N3O2/c25-24(26,27)20-6-4-18(5-7-20)22(31)19-10-14-30(15-11-19)16-17-2-8-21(9-3-17)32-23-28-12-1-13-29-23/h1-14,22,31H,15-16H2. The Labute approximate surface area is 183 Å². The van der Waals surface area contributed by atoms with Gasteiger partial charge in [-0.1, -0.05) is 30.3 Å². The molecule has 2 heterocycles. The lowest BCUT2D eigenvalue weighted by molar-refractivity contribution is -0.137. The molecule has 32 heavy (non-hydrogen) atoms. The van der Waals surface area contributed by atoms with Crippen LogP contribution in [0.25, 0.3) is 0 Å². The highest BCUT2D eigenvalue weighted by Gasteiger charge is 2.30. The number of aromatic nitrogens is 2. The predicted molar refractivity (Wildman–Crippen MR) is 113 cm³/mol. The molecule has 0 radical (unpaired) electrons. The molecule has 0 spiro atoms. The largest absolute Gasteiger partial charge is 0.424 e. The van der Waals surface area contributed by atoms with Crippen LogP contribution in [0, 0.1) is 0 Å². The Morgan fingerprint density at radius 3 is 2.28 bits per heavy atom. The smallest absolute Gasteiger partial charge is 0.416 e. The molecular weight excluding hydrogens is 419 g/mol. The summed E-state index contributed by atoms with van der Waals surface area (Å²) in [6.07, 6.45) is 3.35. The summed E-state index contributed by atoms with van der Waals surface area (Å²) in [6.45, 7) is 1.22. The Morgan fingerprint density at radius 2 is 1.69 bits per heavy atom. The molecule has 8 heteroatoms. The van der Waals surface area contributed by atoms with E-state index in [2.05, 4.69) is 14.9 Å². The van der Waals surface area contributed by atoms with Crippen LogP contribution in [0.15, 0.2) is 90.9 Å². The molecule has 0 fully saturated rings. The van der Waals surface area contributed by atoms with Crippen LogP contribution in [0.3, 0.4) is 0 Å². The van der Waals surface area contributed by atoms with Gasteiger partial charge < -0.3 is 14.7 Å². The Balaban J connectivity index is 1.33. The third kappa shape index (κ3) is 5.33. The molecule has 0 saturated heterocycles. The van der Waals surface area contributed by atoms with E-state index in [1.807, 2.05) is 36.5 Å². The van der Waals surface area contributed by atoms with E-state index < -0.39 is 17.8 Å². The van der Waals surface area contributed by atoms with Crippen LogP contribution in [0.5, 0.6) is 11.8 Å². The first-order valence-electron chi connectivity index (χ1n) is 9.90. The van der Waals surface area contributed by atoms with Gasteiger partial charge >= 0.3 is 12.2 Å². The third-order valence-corrected chi connectivity index (χ3v) is 4.97. The van der Waals surface area contributed by atoms with E-state index in [0.717, 1.165) is 17.7 Å². The summed E-state index contributed by atoms with van der Waals surface area (Å²) in [5, 5.41) is 10.5. The molecule has 1 aromatic heterocycles. The SMILES string of the molecule is OC(C1=CCN(Cc2ccc(Oc3ncccn3)cc2)C=C1)c1ccc(C(F)(F)F)cc1. The second kappa shape index (κ2) is 9.23. The normalized spacial score (nSPS) is 14.8. The number of hydrogen-bond donors (Lipinski definition) is 1. The molecule has 0 amide bonds. The van der Waals surface area contributed by atoms with Crippen LogP contribution in [-0.2, 0) is 12.7 Å². The van der Waals surface area contributed by atoms with Gasteiger partial charge in [-0.15, -0.1) is 0 Å². The van der Waals surface area contributed by atoms with Gasteiger partial charge in [-0.2, -0.15) is 13.2 Å². The van der Waals surface area contributed by atoms with E-state index in [1.165, 1.54) is 12.1 Å². The average molecular weight is 439 g/mol. The lowest BCUT2D eigenvalue weighted by Crippen LogP contribution is -2.20. The summed E-state index contributed by atoms with van der Waals surface area (Å²) < 4.78 is 43.7. The van der Waals surface area contributed by atoms with Crippen LogP contribution in [0.2, 0.25) is 0 Å². The fraction of sp³-hybridized carbons (Fsp3) is 0.167. The van der Waals surface area contributed by atoms with Gasteiger partial charge in [0, 0.05) is 31.7 Å². The van der Waals surface area contributed by atoms with Crippen molar-refractivity contribution >= 4 is 0 Å². The van der Waals surface area contributed by atoms with E-state index in [9.17, 15) is 18.3 Å². The number of aliphatic hydroxyl groups excluding tert-OH is 1. The summed E-state index contributed by atoms with van der Waals surface area (Å²) in [6, 6.07) is 14.1. The maximum Gasteiger partial charge on any atom is 0.416 e. The number of aliphatic hydroxyl groups is 1. The molecule has 1 aliphatic heterocycles. The first-order valence-corrected chi connectivity index (χ1v) is 9.90. The highest BCUT2D eigenvalue weighted by Crippen LogP contribution is 2.31. The molecule has 2 aromatic carbocycles. The second-order valence-electron chi connectivity index (χ2n) is 7.25. The zero-order valence-electron chi connectivity index (χ0n) is 16.9. The molecule has 164 valence electrons. The number of benzene rings is 2. The Hall–Kier alpha value is -3.65. The van der Waals surface area contributed by atoms with E-state index >= 15 is 0 Å². The first-order chi connectivity index (χ1) is 15.4. The molecule has 3 aromatic rings. The Kier molecular flexibility index (Phi) is 6.23. The van der Waals surface area contributed by atoms with Crippen molar-refractivity contribution in [3.05, 3.63) is 108 Å². The molecule has 1 aliphatic rings. The lowest BCUT2D eigenvalue weighted by Gasteiger charge is -2.25. The van der Waals surface area contributed by atoms with Crippen LogP contribution in [0.1, 0.15) is 22.8 Å². The van der Waals surface area contributed by atoms with E-state index in [0.29, 0.717) is 30.0 Å². The third-order valence-electron chi connectivity index (χ3n) is 4.97. The summed E-state index contributed by atoms with van der Waals surface area (Å²) >= 11 is 0. The molecule has 1 N–H and O–H groups in total. The zero-order chi connectivity index (χ0) is 22.6. The highest BCUT2D eigenvalue weighted by molar-refractivity contribution is 5.36. The van der Waals surface area contributed by atoms with Crippen molar-refractivity contribution in [3.8, 4) is 11.8 Å². The molecule has 1 atom stereocenters. The molecule has 1 unspecified atom stereocenters. The number of rotatable bonds is 6. The fourth-order valence-electron chi connectivity index (χ4n) is 3.25. The van der Waals surface area contributed by atoms with Gasteiger partial charge in [-0.25, -0.2) is 9.97 Å². The van der Waals surface area contributed by atoms with E-state index in [-0.39, 0.29) is 6.01 Å². The minimum absolute atomic E-state index is 0.281. The van der Waals surface area contributed by atoms with Crippen molar-refractivity contribution in [2.24, 2.45) is 0 Å². The molecule has 0 bridgehead atoms. The first kappa shape index (κ1) is 21.6. The van der Waals surface area contributed by atoms with Gasteiger partial charge in [-0.3, -0.25) is 0 Å². The molecule has 5 nitrogen and oxygen atoms in total. The van der Waals surface area contributed by atoms with Crippen molar-refractivity contribution < 1.29 is 23.0 Å². The number of nitrogens with zero attached hydrogens (tertiary/aromatic N) is 3. The fourth-order valence-corrected chi connectivity index (χ4v) is 3.25. The average Bonchev–Trinajstić information content (AvgIpc) is 2.81. The Bertz CT molecular complexity index is 1100. The van der Waals surface area contributed by atoms with E-state index in [1.54, 1.807) is 24.5 Å². The van der Waals surface area contributed by atoms with Gasteiger partial charge in [0.25, 0.3) is 0 Å². The topological polar surface area (TPSA) is 58.5 Å². The maximum atomic E-state index is 12.7. The van der Waals surface area contributed by atoms with Gasteiger partial charge in [0.15, 0.2) is 0 Å². The van der Waals surface area contributed by atoms with Crippen LogP contribution >= 0.6 is 0 Å². The highest BCUT2D eigenvalue weighted by atomic mass is 19.4. The van der Waals surface area contributed by atoms with E-state index in [4.69, 9.17) is 4.74 Å². The number of halogens is 3. The lowest BCUT2D eigenvalue weighted by atomic mass is 9.98. The quantitative estimate of drug-likeness (QED) is 0.567. The summed E-state index contributed by atoms with van der Waals surface area (Å²) in [7, 11) is 0. The van der Waals surface area contributed by atoms with Crippen molar-refractivity contribution in [3.63, 3.8) is 0 Å². The Morgan fingerprint density at radius 1 is 1.00 bits per heavy atom. The van der Waals surface area contributed by atoms with Crippen LogP contribution < -0.4 is 4.74 Å². The summed E-state index contributed by atoms with van der Waals surface area (Å²) in [5.41, 5.74) is 1.39. The predicted octanol–water partition coefficient (Wildman–Crippen LogP) is 5.28. The van der Waals surface area contributed by atoms with Gasteiger partial charge in [0.1, 0.15) is 11.9 Å². The van der Waals surface area contributed by atoms with Crippen LogP contribution in [-0.4, -0.2) is 26.5 Å². The van der Waals surface area contributed by atoms with Crippen molar-refractivity contribution in [1.29, 1.82) is 0 Å². The summed E-state index contributed by atoms with van der Waals surface area (Å²) in [4.78, 5) is 10.1. The summed E-state index contributed by atoms with van der Waals surface area (Å²) in [5.74, 6) is 0.635. The van der Waals surface area contributed by atoms with Crippen molar-refractivity contribution in [1.82, 2.24) is 14.9 Å². The zero-order valence-corrected chi connectivity index (χ0v) is 16.9. The van der Waals surface area contributed by atoms with Gasteiger partial charge in [0.2, 0.25) is 0 Å². The molecule has 0 saturated carbocycles. The number of alkyl halides is 3. The molecule has 0 aliphatic carbocycles. The maximum absolute atomic E-state index is 12.7. The van der Waals surface area contributed by atoms with Crippen molar-refractivity contribution in [2.75, 3.05) is 6.54 Å². The van der Waals surface area contributed by atoms with Crippen molar-refractivity contribution in [2.45, 2.75) is 18.8 Å². The minimum atomic E-state index is -4.40. The molecular formula is C24H20F3N3O2. The monoisotopic (exact) mass is 439 g/mol. The number of hydrogen-bond acceptors (Lipinski definition) is 5. The molecule has 4 rings (SSSR count).